The van der Waals surface area contributed by atoms with E-state index in [1.165, 1.54) is 18.2 Å². The molecular weight excluding hydrogens is 244 g/mol. The molecule has 0 aliphatic heterocycles. The number of hydrogen-bond acceptors (Lipinski definition) is 3. The second-order valence-corrected chi connectivity index (χ2v) is 4.69. The molecule has 0 aliphatic rings. The van der Waals surface area contributed by atoms with Crippen molar-refractivity contribution in [2.45, 2.75) is 13.8 Å². The molecule has 3 aromatic rings. The van der Waals surface area contributed by atoms with Crippen molar-refractivity contribution in [3.8, 4) is 5.75 Å². The van der Waals surface area contributed by atoms with Gasteiger partial charge in [0.05, 0.1) is 6.07 Å². The minimum atomic E-state index is -0.0414. The maximum atomic E-state index is 12.3. The van der Waals surface area contributed by atoms with E-state index in [4.69, 9.17) is 0 Å². The van der Waals surface area contributed by atoms with Crippen molar-refractivity contribution in [2.75, 3.05) is 0 Å². The fourth-order valence-corrected chi connectivity index (χ4v) is 2.22. The molecule has 0 radical (unpaired) electrons. The molecule has 0 fully saturated rings. The summed E-state index contributed by atoms with van der Waals surface area (Å²) in [7, 11) is 0. The summed E-state index contributed by atoms with van der Waals surface area (Å²) in [6.07, 6.45) is 0. The lowest BCUT2D eigenvalue weighted by Crippen LogP contribution is -2.39. The Kier molecular flexibility index (Phi) is 2.25. The first-order valence-electron chi connectivity index (χ1n) is 5.88. The Balaban J connectivity index is 2.60. The van der Waals surface area contributed by atoms with Crippen molar-refractivity contribution in [1.82, 2.24) is 0 Å². The number of aromatic hydroxyl groups is 1. The fourth-order valence-electron chi connectivity index (χ4n) is 2.22. The molecule has 1 N–H and O–H groups in total. The Bertz CT molecular complexity index is 828. The average molecular weight is 256 g/mol. The van der Waals surface area contributed by atoms with Crippen molar-refractivity contribution in [3.05, 3.63) is 51.9 Å². The van der Waals surface area contributed by atoms with Gasteiger partial charge in [-0.25, -0.2) is 0 Å². The van der Waals surface area contributed by atoms with Crippen LogP contribution >= 0.6 is 0 Å². The fraction of sp³-hybridized carbons (Fsp3) is 0.143. The molecule has 0 unspecified atom stereocenters. The lowest BCUT2D eigenvalue weighted by atomic mass is 10.1. The van der Waals surface area contributed by atoms with E-state index in [2.05, 4.69) is 0 Å². The van der Waals surface area contributed by atoms with Gasteiger partial charge in [-0.1, -0.05) is 0 Å². The highest BCUT2D eigenvalue weighted by Gasteiger charge is 2.22. The highest BCUT2D eigenvalue weighted by Crippen LogP contribution is 2.19. The standard InChI is InChI=1S/C14H12N2O3/c1-8-5-12-13(6-9(8)2)16(19)14-7-10(17)3-4-11(14)15(12)18/h3-7,17H,1-2H3. The molecule has 19 heavy (non-hydrogen) atoms. The predicted molar refractivity (Wildman–Crippen MR) is 70.5 cm³/mol. The summed E-state index contributed by atoms with van der Waals surface area (Å²) in [6.45, 7) is 3.78. The molecule has 1 heterocycles. The van der Waals surface area contributed by atoms with Crippen LogP contribution in [0.15, 0.2) is 30.3 Å². The molecule has 0 spiro atoms. The Morgan fingerprint density at radius 2 is 1.26 bits per heavy atom. The summed E-state index contributed by atoms with van der Waals surface area (Å²) < 4.78 is 1.41. The molecule has 0 saturated carbocycles. The summed E-state index contributed by atoms with van der Waals surface area (Å²) in [5.41, 5.74) is 2.92. The van der Waals surface area contributed by atoms with E-state index in [9.17, 15) is 15.5 Å². The van der Waals surface area contributed by atoms with Crippen LogP contribution < -0.4 is 9.46 Å². The Labute approximate surface area is 109 Å². The smallest absolute Gasteiger partial charge is 0.294 e. The highest BCUT2D eigenvalue weighted by molar-refractivity contribution is 5.78. The third kappa shape index (κ3) is 1.55. The van der Waals surface area contributed by atoms with Crippen LogP contribution in [0.4, 0.5) is 0 Å². The van der Waals surface area contributed by atoms with Gasteiger partial charge < -0.3 is 15.5 Å². The van der Waals surface area contributed by atoms with Gasteiger partial charge in [0.1, 0.15) is 5.75 Å². The summed E-state index contributed by atoms with van der Waals surface area (Å²) in [5, 5.41) is 34.1. The van der Waals surface area contributed by atoms with Gasteiger partial charge in [-0.2, -0.15) is 9.46 Å². The lowest BCUT2D eigenvalue weighted by molar-refractivity contribution is -0.591. The summed E-state index contributed by atoms with van der Waals surface area (Å²) in [5.74, 6) is -0.0414. The van der Waals surface area contributed by atoms with Crippen molar-refractivity contribution in [2.24, 2.45) is 0 Å². The van der Waals surface area contributed by atoms with Gasteiger partial charge in [0, 0.05) is 18.2 Å². The molecule has 5 nitrogen and oxygen atoms in total. The number of phenols is 1. The molecule has 3 rings (SSSR count). The molecule has 0 atom stereocenters. The van der Waals surface area contributed by atoms with Crippen LogP contribution in [0.3, 0.4) is 0 Å². The third-order valence-corrected chi connectivity index (χ3v) is 3.43. The number of aromatic nitrogens is 2. The topological polar surface area (TPSA) is 74.1 Å². The van der Waals surface area contributed by atoms with E-state index in [0.717, 1.165) is 15.9 Å². The van der Waals surface area contributed by atoms with E-state index < -0.39 is 0 Å². The van der Waals surface area contributed by atoms with Crippen LogP contribution in [0.25, 0.3) is 22.1 Å². The zero-order valence-corrected chi connectivity index (χ0v) is 10.5. The number of benzene rings is 2. The van der Waals surface area contributed by atoms with Crippen LogP contribution in [0, 0.1) is 24.3 Å². The number of rotatable bonds is 0. The van der Waals surface area contributed by atoms with Crippen LogP contribution in [-0.2, 0) is 0 Å². The van der Waals surface area contributed by atoms with Gasteiger partial charge in [-0.15, -0.1) is 0 Å². The Hall–Kier alpha value is -2.56. The van der Waals surface area contributed by atoms with E-state index in [1.807, 2.05) is 13.8 Å². The van der Waals surface area contributed by atoms with E-state index >= 15 is 0 Å². The second kappa shape index (κ2) is 3.71. The van der Waals surface area contributed by atoms with Gasteiger partial charge in [0.15, 0.2) is 0 Å². The van der Waals surface area contributed by atoms with Crippen LogP contribution in [0.2, 0.25) is 0 Å². The normalized spacial score (nSPS) is 11.3. The average Bonchev–Trinajstić information content (AvgIpc) is 2.38. The predicted octanol–water partition coefficient (Wildman–Crippen LogP) is 1.58. The molecular formula is C14H12N2O3. The van der Waals surface area contributed by atoms with Crippen LogP contribution in [0.1, 0.15) is 11.1 Å². The molecule has 96 valence electrons. The third-order valence-electron chi connectivity index (χ3n) is 3.43. The monoisotopic (exact) mass is 256 g/mol. The highest BCUT2D eigenvalue weighted by atomic mass is 16.5. The van der Waals surface area contributed by atoms with Gasteiger partial charge in [-0.05, 0) is 31.0 Å². The quantitative estimate of drug-likeness (QED) is 0.377. The van der Waals surface area contributed by atoms with Crippen LogP contribution in [-0.4, -0.2) is 5.11 Å². The zero-order chi connectivity index (χ0) is 13.7. The molecule has 0 bridgehead atoms. The van der Waals surface area contributed by atoms with Gasteiger partial charge in [0.2, 0.25) is 0 Å². The molecule has 0 aliphatic carbocycles. The Morgan fingerprint density at radius 1 is 0.789 bits per heavy atom. The first-order chi connectivity index (χ1) is 8.99. The zero-order valence-electron chi connectivity index (χ0n) is 10.5. The van der Waals surface area contributed by atoms with Crippen molar-refractivity contribution in [3.63, 3.8) is 0 Å². The van der Waals surface area contributed by atoms with Crippen molar-refractivity contribution < 1.29 is 14.6 Å². The largest absolute Gasteiger partial charge is 0.617 e. The Morgan fingerprint density at radius 3 is 1.84 bits per heavy atom. The summed E-state index contributed by atoms with van der Waals surface area (Å²) in [6, 6.07) is 7.53. The first kappa shape index (κ1) is 11.5. The van der Waals surface area contributed by atoms with Crippen molar-refractivity contribution >= 4 is 22.1 Å². The number of hydrogen-bond donors (Lipinski definition) is 1. The molecule has 0 saturated heterocycles. The number of phenolic OH excluding ortho intramolecular Hbond substituents is 1. The number of nitrogens with zero attached hydrogens (tertiary/aromatic N) is 2. The molecule has 1 aromatic heterocycles. The summed E-state index contributed by atoms with van der Waals surface area (Å²) >= 11 is 0. The first-order valence-corrected chi connectivity index (χ1v) is 5.88. The maximum Gasteiger partial charge on any atom is 0.294 e. The van der Waals surface area contributed by atoms with Gasteiger partial charge in [0.25, 0.3) is 22.1 Å². The van der Waals surface area contributed by atoms with E-state index in [1.54, 1.807) is 12.1 Å². The number of aryl methyl sites for hydroxylation is 2. The van der Waals surface area contributed by atoms with Gasteiger partial charge in [-0.3, -0.25) is 0 Å². The van der Waals surface area contributed by atoms with Crippen LogP contribution in [0.5, 0.6) is 5.75 Å². The number of fused-ring (bicyclic) bond motifs is 2. The van der Waals surface area contributed by atoms with Crippen molar-refractivity contribution in [1.29, 1.82) is 0 Å². The summed E-state index contributed by atoms with van der Waals surface area (Å²) in [4.78, 5) is 0. The molecule has 2 aromatic carbocycles. The van der Waals surface area contributed by atoms with E-state index in [-0.39, 0.29) is 16.8 Å². The maximum absolute atomic E-state index is 12.3. The minimum Gasteiger partial charge on any atom is -0.617 e. The second-order valence-electron chi connectivity index (χ2n) is 4.69. The van der Waals surface area contributed by atoms with E-state index in [0.29, 0.717) is 15.8 Å². The van der Waals surface area contributed by atoms with Gasteiger partial charge >= 0.3 is 0 Å². The minimum absolute atomic E-state index is 0.0414. The molecule has 5 heteroatoms. The SMILES string of the molecule is Cc1cc2c(cc1C)[n+]([O-])c1cc(O)ccc1[n+]2[O-]. The lowest BCUT2D eigenvalue weighted by Gasteiger charge is -2.09. The molecule has 0 amide bonds.